The lowest BCUT2D eigenvalue weighted by Gasteiger charge is -2.25. The van der Waals surface area contributed by atoms with E-state index >= 15 is 0 Å². The van der Waals surface area contributed by atoms with Crippen LogP contribution < -0.4 is 5.32 Å². The van der Waals surface area contributed by atoms with E-state index in [1.165, 1.54) is 38.8 Å². The van der Waals surface area contributed by atoms with Crippen LogP contribution in [0.15, 0.2) is 0 Å². The molecule has 0 aliphatic carbocycles. The van der Waals surface area contributed by atoms with Gasteiger partial charge in [0.25, 0.3) is 0 Å². The molecule has 2 atom stereocenters. The molecule has 0 fully saturated rings. The summed E-state index contributed by atoms with van der Waals surface area (Å²) in [5, 5.41) is 3.66. The zero-order valence-corrected chi connectivity index (χ0v) is 15.1. The second kappa shape index (κ2) is 11.5. The van der Waals surface area contributed by atoms with Gasteiger partial charge in [0.05, 0.1) is 0 Å². The van der Waals surface area contributed by atoms with Crippen LogP contribution in [0.25, 0.3) is 0 Å². The summed E-state index contributed by atoms with van der Waals surface area (Å²) in [5.74, 6) is 0. The fourth-order valence-electron chi connectivity index (χ4n) is 2.49. The van der Waals surface area contributed by atoms with Gasteiger partial charge in [0, 0.05) is 18.1 Å². The molecule has 3 heteroatoms. The van der Waals surface area contributed by atoms with Crippen LogP contribution in [0.1, 0.15) is 60.3 Å². The zero-order chi connectivity index (χ0) is 15.5. The lowest BCUT2D eigenvalue weighted by atomic mass is 10.1. The Morgan fingerprint density at radius 1 is 0.950 bits per heavy atom. The van der Waals surface area contributed by atoms with Gasteiger partial charge in [0.2, 0.25) is 0 Å². The molecule has 0 bridgehead atoms. The molecule has 0 spiro atoms. The summed E-state index contributed by atoms with van der Waals surface area (Å²) in [6.45, 7) is 15.0. The normalized spacial score (nSPS) is 15.3. The molecule has 1 N–H and O–H groups in total. The maximum atomic E-state index is 3.66. The topological polar surface area (TPSA) is 18.5 Å². The van der Waals surface area contributed by atoms with Gasteiger partial charge in [-0.3, -0.25) is 0 Å². The van der Waals surface area contributed by atoms with Gasteiger partial charge in [-0.15, -0.1) is 0 Å². The van der Waals surface area contributed by atoms with E-state index in [2.05, 4.69) is 63.8 Å². The molecule has 0 amide bonds. The molecule has 0 rings (SSSR count). The third-order valence-electron chi connectivity index (χ3n) is 4.39. The molecule has 0 aromatic heterocycles. The van der Waals surface area contributed by atoms with Gasteiger partial charge >= 0.3 is 0 Å². The summed E-state index contributed by atoms with van der Waals surface area (Å²) in [6.07, 6.45) is 5.14. The van der Waals surface area contributed by atoms with Crippen molar-refractivity contribution in [3.05, 3.63) is 0 Å². The van der Waals surface area contributed by atoms with Crippen LogP contribution in [-0.2, 0) is 0 Å². The molecule has 0 heterocycles. The molecule has 0 radical (unpaired) electrons. The predicted octanol–water partition coefficient (Wildman–Crippen LogP) is 3.21. The fraction of sp³-hybridized carbons (Fsp3) is 1.00. The van der Waals surface area contributed by atoms with Crippen LogP contribution in [0.5, 0.6) is 0 Å². The van der Waals surface area contributed by atoms with Crippen molar-refractivity contribution in [1.29, 1.82) is 0 Å². The molecule has 3 nitrogen and oxygen atoms in total. The molecule has 0 aliphatic rings. The molecule has 0 saturated heterocycles. The Morgan fingerprint density at radius 2 is 1.60 bits per heavy atom. The van der Waals surface area contributed by atoms with Gasteiger partial charge < -0.3 is 15.1 Å². The van der Waals surface area contributed by atoms with Gasteiger partial charge in [-0.05, 0) is 87.1 Å². The molecule has 0 saturated carbocycles. The van der Waals surface area contributed by atoms with E-state index in [0.29, 0.717) is 18.1 Å². The van der Waals surface area contributed by atoms with Gasteiger partial charge in [0.1, 0.15) is 0 Å². The standard InChI is InChI=1S/C17H39N3/c1-8-20(15(2)3)14-10-11-16(4)18-13-9-12-17(5)19(6)7/h15-18H,8-14H2,1-7H3. The minimum atomic E-state index is 0.649. The van der Waals surface area contributed by atoms with Crippen molar-refractivity contribution in [3.63, 3.8) is 0 Å². The fourth-order valence-corrected chi connectivity index (χ4v) is 2.49. The molecule has 20 heavy (non-hydrogen) atoms. The van der Waals surface area contributed by atoms with Gasteiger partial charge in [0.15, 0.2) is 0 Å². The Kier molecular flexibility index (Phi) is 11.5. The summed E-state index contributed by atoms with van der Waals surface area (Å²) in [6, 6.07) is 2.02. The van der Waals surface area contributed by atoms with Crippen LogP contribution in [0.3, 0.4) is 0 Å². The van der Waals surface area contributed by atoms with E-state index in [0.717, 1.165) is 6.54 Å². The highest BCUT2D eigenvalue weighted by Gasteiger charge is 2.08. The average Bonchev–Trinajstić information content (AvgIpc) is 2.38. The monoisotopic (exact) mass is 285 g/mol. The molecule has 2 unspecified atom stereocenters. The minimum absolute atomic E-state index is 0.649. The van der Waals surface area contributed by atoms with Crippen molar-refractivity contribution in [1.82, 2.24) is 15.1 Å². The first-order chi connectivity index (χ1) is 9.38. The van der Waals surface area contributed by atoms with Gasteiger partial charge in [-0.2, -0.15) is 0 Å². The maximum absolute atomic E-state index is 3.66. The first kappa shape index (κ1) is 19.9. The maximum Gasteiger partial charge on any atom is 0.00613 e. The number of rotatable bonds is 12. The summed E-state index contributed by atoms with van der Waals surface area (Å²) < 4.78 is 0. The van der Waals surface area contributed by atoms with Crippen molar-refractivity contribution >= 4 is 0 Å². The molecule has 0 aliphatic heterocycles. The van der Waals surface area contributed by atoms with E-state index in [9.17, 15) is 0 Å². The molecule has 0 aromatic rings. The number of nitrogens with zero attached hydrogens (tertiary/aromatic N) is 2. The van der Waals surface area contributed by atoms with E-state index in [-0.39, 0.29) is 0 Å². The van der Waals surface area contributed by atoms with Crippen LogP contribution in [0.2, 0.25) is 0 Å². The van der Waals surface area contributed by atoms with Crippen molar-refractivity contribution in [2.24, 2.45) is 0 Å². The summed E-state index contributed by atoms with van der Waals surface area (Å²) in [7, 11) is 4.32. The van der Waals surface area contributed by atoms with Gasteiger partial charge in [-0.25, -0.2) is 0 Å². The van der Waals surface area contributed by atoms with Crippen LogP contribution in [-0.4, -0.2) is 61.7 Å². The SMILES string of the molecule is CCN(CCCC(C)NCCCC(C)N(C)C)C(C)C. The summed E-state index contributed by atoms with van der Waals surface area (Å²) >= 11 is 0. The predicted molar refractivity (Wildman–Crippen MR) is 91.5 cm³/mol. The van der Waals surface area contributed by atoms with E-state index < -0.39 is 0 Å². The Hall–Kier alpha value is -0.120. The molecular weight excluding hydrogens is 246 g/mol. The van der Waals surface area contributed by atoms with E-state index in [1.54, 1.807) is 0 Å². The van der Waals surface area contributed by atoms with E-state index in [4.69, 9.17) is 0 Å². The van der Waals surface area contributed by atoms with Crippen LogP contribution >= 0.6 is 0 Å². The van der Waals surface area contributed by atoms with Crippen molar-refractivity contribution in [3.8, 4) is 0 Å². The first-order valence-corrected chi connectivity index (χ1v) is 8.52. The highest BCUT2D eigenvalue weighted by Crippen LogP contribution is 2.05. The van der Waals surface area contributed by atoms with Crippen molar-refractivity contribution in [2.45, 2.75) is 78.4 Å². The lowest BCUT2D eigenvalue weighted by Crippen LogP contribution is -2.33. The number of hydrogen-bond donors (Lipinski definition) is 1. The zero-order valence-electron chi connectivity index (χ0n) is 15.1. The largest absolute Gasteiger partial charge is 0.314 e. The lowest BCUT2D eigenvalue weighted by molar-refractivity contribution is 0.225. The first-order valence-electron chi connectivity index (χ1n) is 8.52. The highest BCUT2D eigenvalue weighted by molar-refractivity contribution is 4.66. The quantitative estimate of drug-likeness (QED) is 0.556. The minimum Gasteiger partial charge on any atom is -0.314 e. The second-order valence-electron chi connectivity index (χ2n) is 6.67. The highest BCUT2D eigenvalue weighted by atomic mass is 15.1. The third-order valence-corrected chi connectivity index (χ3v) is 4.39. The number of nitrogens with one attached hydrogen (secondary N) is 1. The molecule has 122 valence electrons. The Morgan fingerprint density at radius 3 is 2.10 bits per heavy atom. The van der Waals surface area contributed by atoms with Crippen molar-refractivity contribution < 1.29 is 0 Å². The number of hydrogen-bond acceptors (Lipinski definition) is 3. The molecule has 0 aromatic carbocycles. The Balaban J connectivity index is 3.57. The second-order valence-corrected chi connectivity index (χ2v) is 6.67. The Bertz CT molecular complexity index is 216. The van der Waals surface area contributed by atoms with Gasteiger partial charge in [-0.1, -0.05) is 6.92 Å². The average molecular weight is 286 g/mol. The summed E-state index contributed by atoms with van der Waals surface area (Å²) in [5.41, 5.74) is 0. The smallest absolute Gasteiger partial charge is 0.00613 e. The van der Waals surface area contributed by atoms with Crippen molar-refractivity contribution in [2.75, 3.05) is 33.7 Å². The molecular formula is C17H39N3. The van der Waals surface area contributed by atoms with Crippen LogP contribution in [0.4, 0.5) is 0 Å². The van der Waals surface area contributed by atoms with E-state index in [1.807, 2.05) is 0 Å². The van der Waals surface area contributed by atoms with Crippen LogP contribution in [0, 0.1) is 0 Å². The Labute approximate surface area is 128 Å². The summed E-state index contributed by atoms with van der Waals surface area (Å²) in [4.78, 5) is 4.85. The third kappa shape index (κ3) is 9.73.